The first-order chi connectivity index (χ1) is 9.28. The summed E-state index contributed by atoms with van der Waals surface area (Å²) >= 11 is 0. The van der Waals surface area contributed by atoms with Crippen molar-refractivity contribution in [3.05, 3.63) is 48.7 Å². The number of pyridine rings is 1. The molecule has 3 rings (SSSR count). The molecule has 2 heteroatoms. The minimum absolute atomic E-state index is 1.10. The largest absolute Gasteiger partial charge is 0.256 e. The summed E-state index contributed by atoms with van der Waals surface area (Å²) < 4.78 is 0. The van der Waals surface area contributed by atoms with Crippen molar-refractivity contribution in [1.29, 1.82) is 0 Å². The lowest BCUT2D eigenvalue weighted by Crippen LogP contribution is -2.46. The number of aromatic nitrogens is 1. The molecule has 1 aliphatic heterocycles. The van der Waals surface area contributed by atoms with Crippen LogP contribution in [-0.4, -0.2) is 13.1 Å². The van der Waals surface area contributed by atoms with Crippen LogP contribution in [0.3, 0.4) is 0 Å². The monoisotopic (exact) mass is 267 g/mol. The molecule has 0 N–H and O–H groups in total. The molecule has 1 nitrogen and oxygen atoms in total. The van der Waals surface area contributed by atoms with Crippen molar-refractivity contribution >= 4 is 13.3 Å². The highest BCUT2D eigenvalue weighted by Crippen LogP contribution is 2.28. The Bertz CT molecular complexity index is 527. The standard InChI is InChI=1S/C17H21NSi/c1-19(12-6-3-7-13-19)16-10-11-17(18-14-16)15-8-4-2-5-9-15/h2,4-5,8-11,14H,3,6-7,12-13H2,1H3. The van der Waals surface area contributed by atoms with Crippen LogP contribution < -0.4 is 5.19 Å². The summed E-state index contributed by atoms with van der Waals surface area (Å²) in [5.41, 5.74) is 2.31. The average Bonchev–Trinajstić information content (AvgIpc) is 2.49. The predicted octanol–water partition coefficient (Wildman–Crippen LogP) is 4.22. The van der Waals surface area contributed by atoms with Crippen LogP contribution in [0.2, 0.25) is 18.6 Å². The van der Waals surface area contributed by atoms with E-state index in [1.807, 2.05) is 6.07 Å². The molecule has 0 radical (unpaired) electrons. The quantitative estimate of drug-likeness (QED) is 0.742. The molecule has 0 unspecified atom stereocenters. The van der Waals surface area contributed by atoms with E-state index in [2.05, 4.69) is 49.1 Å². The van der Waals surface area contributed by atoms with E-state index >= 15 is 0 Å². The summed E-state index contributed by atoms with van der Waals surface area (Å²) in [6.45, 7) is 2.53. The van der Waals surface area contributed by atoms with Crippen molar-refractivity contribution in [2.45, 2.75) is 37.9 Å². The Labute approximate surface area is 116 Å². The number of benzene rings is 1. The summed E-state index contributed by atoms with van der Waals surface area (Å²) in [6, 6.07) is 17.9. The maximum atomic E-state index is 4.70. The average molecular weight is 267 g/mol. The van der Waals surface area contributed by atoms with Gasteiger partial charge in [0.15, 0.2) is 0 Å². The van der Waals surface area contributed by atoms with Gasteiger partial charge in [0.1, 0.15) is 0 Å². The van der Waals surface area contributed by atoms with Crippen LogP contribution in [0.25, 0.3) is 11.3 Å². The number of rotatable bonds is 2. The van der Waals surface area contributed by atoms with Crippen LogP contribution in [0.4, 0.5) is 0 Å². The van der Waals surface area contributed by atoms with Crippen LogP contribution in [0.1, 0.15) is 19.3 Å². The van der Waals surface area contributed by atoms with Gasteiger partial charge in [0.2, 0.25) is 0 Å². The van der Waals surface area contributed by atoms with Crippen LogP contribution in [0.15, 0.2) is 48.7 Å². The molecule has 0 aliphatic carbocycles. The molecule has 0 spiro atoms. The third-order valence-corrected chi connectivity index (χ3v) is 9.09. The first-order valence-electron chi connectivity index (χ1n) is 7.30. The van der Waals surface area contributed by atoms with Gasteiger partial charge in [0.25, 0.3) is 0 Å². The molecular formula is C17H21NSi. The highest BCUT2D eigenvalue weighted by molar-refractivity contribution is 6.90. The molecule has 1 aliphatic rings. The second-order valence-electron chi connectivity index (χ2n) is 5.92. The van der Waals surface area contributed by atoms with Gasteiger partial charge in [0.05, 0.1) is 13.8 Å². The Morgan fingerprint density at radius 3 is 2.26 bits per heavy atom. The Morgan fingerprint density at radius 2 is 1.63 bits per heavy atom. The zero-order valence-electron chi connectivity index (χ0n) is 11.6. The van der Waals surface area contributed by atoms with E-state index in [4.69, 9.17) is 4.98 Å². The number of hydrogen-bond donors (Lipinski definition) is 0. The summed E-state index contributed by atoms with van der Waals surface area (Å²) in [6.07, 6.45) is 6.42. The van der Waals surface area contributed by atoms with Crippen LogP contribution in [0.5, 0.6) is 0 Å². The molecule has 2 aromatic rings. The molecule has 1 aromatic carbocycles. The normalized spacial score (nSPS) is 18.2. The van der Waals surface area contributed by atoms with Gasteiger partial charge >= 0.3 is 0 Å². The van der Waals surface area contributed by atoms with Crippen LogP contribution in [-0.2, 0) is 0 Å². The molecule has 1 fully saturated rings. The first kappa shape index (κ1) is 12.6. The summed E-state index contributed by atoms with van der Waals surface area (Å²) in [5, 5.41) is 1.55. The van der Waals surface area contributed by atoms with Crippen LogP contribution in [0, 0.1) is 0 Å². The zero-order chi connectivity index (χ0) is 13.1. The molecular weight excluding hydrogens is 246 g/mol. The molecule has 0 amide bonds. The van der Waals surface area contributed by atoms with Crippen molar-refractivity contribution < 1.29 is 0 Å². The fourth-order valence-electron chi connectivity index (χ4n) is 3.15. The van der Waals surface area contributed by atoms with Crippen molar-refractivity contribution in [1.82, 2.24) is 4.98 Å². The lowest BCUT2D eigenvalue weighted by molar-refractivity contribution is 0.717. The van der Waals surface area contributed by atoms with E-state index in [1.54, 1.807) is 5.19 Å². The number of hydrogen-bond acceptors (Lipinski definition) is 1. The van der Waals surface area contributed by atoms with E-state index in [-0.39, 0.29) is 0 Å². The van der Waals surface area contributed by atoms with E-state index in [9.17, 15) is 0 Å². The second kappa shape index (κ2) is 5.30. The van der Waals surface area contributed by atoms with Gasteiger partial charge in [-0.25, -0.2) is 0 Å². The SMILES string of the molecule is C[Si]1(c2ccc(-c3ccccc3)nc2)CCCCC1. The molecule has 0 bridgehead atoms. The van der Waals surface area contributed by atoms with Gasteiger partial charge < -0.3 is 0 Å². The molecule has 98 valence electrons. The zero-order valence-corrected chi connectivity index (χ0v) is 12.6. The maximum absolute atomic E-state index is 4.70. The van der Waals surface area contributed by atoms with Gasteiger partial charge in [0, 0.05) is 11.8 Å². The summed E-state index contributed by atoms with van der Waals surface area (Å²) in [4.78, 5) is 4.70. The van der Waals surface area contributed by atoms with Gasteiger partial charge in [-0.2, -0.15) is 0 Å². The maximum Gasteiger partial charge on any atom is 0.0857 e. The molecule has 1 aromatic heterocycles. The molecule has 2 heterocycles. The molecule has 19 heavy (non-hydrogen) atoms. The van der Waals surface area contributed by atoms with Crippen molar-refractivity contribution in [2.75, 3.05) is 0 Å². The molecule has 0 atom stereocenters. The van der Waals surface area contributed by atoms with E-state index in [0.717, 1.165) is 5.69 Å². The van der Waals surface area contributed by atoms with Gasteiger partial charge in [-0.1, -0.05) is 74.3 Å². The van der Waals surface area contributed by atoms with Crippen LogP contribution >= 0.6 is 0 Å². The van der Waals surface area contributed by atoms with Gasteiger partial charge in [-0.3, -0.25) is 4.98 Å². The third kappa shape index (κ3) is 2.64. The molecule has 1 saturated heterocycles. The summed E-state index contributed by atoms with van der Waals surface area (Å²) in [5.74, 6) is 0. The fourth-order valence-corrected chi connectivity index (χ4v) is 6.90. The lowest BCUT2D eigenvalue weighted by Gasteiger charge is -2.31. The van der Waals surface area contributed by atoms with Gasteiger partial charge in [-0.15, -0.1) is 0 Å². The van der Waals surface area contributed by atoms with Crippen molar-refractivity contribution in [2.24, 2.45) is 0 Å². The first-order valence-corrected chi connectivity index (χ1v) is 10.2. The Kier molecular flexibility index (Phi) is 3.51. The van der Waals surface area contributed by atoms with E-state index < -0.39 is 8.07 Å². The Hall–Kier alpha value is -1.41. The molecule has 0 saturated carbocycles. The van der Waals surface area contributed by atoms with E-state index in [0.29, 0.717) is 0 Å². The van der Waals surface area contributed by atoms with E-state index in [1.165, 1.54) is 36.9 Å². The highest BCUT2D eigenvalue weighted by atomic mass is 28.3. The highest BCUT2D eigenvalue weighted by Gasteiger charge is 2.31. The smallest absolute Gasteiger partial charge is 0.0857 e. The van der Waals surface area contributed by atoms with Crippen molar-refractivity contribution in [3.63, 3.8) is 0 Å². The summed E-state index contributed by atoms with van der Waals surface area (Å²) in [7, 11) is -1.20. The Morgan fingerprint density at radius 1 is 0.895 bits per heavy atom. The predicted molar refractivity (Wildman–Crippen MR) is 84.4 cm³/mol. The topological polar surface area (TPSA) is 12.9 Å². The van der Waals surface area contributed by atoms with Crippen molar-refractivity contribution in [3.8, 4) is 11.3 Å². The second-order valence-corrected chi connectivity index (χ2v) is 10.6. The van der Waals surface area contributed by atoms with Gasteiger partial charge in [-0.05, 0) is 11.3 Å². The minimum Gasteiger partial charge on any atom is -0.256 e. The number of nitrogens with zero attached hydrogens (tertiary/aromatic N) is 1. The lowest BCUT2D eigenvalue weighted by atomic mass is 10.1. The minimum atomic E-state index is -1.20. The Balaban J connectivity index is 1.87. The fraction of sp³-hybridized carbons (Fsp3) is 0.353. The third-order valence-electron chi connectivity index (χ3n) is 4.49.